The van der Waals surface area contributed by atoms with Gasteiger partial charge in [-0.25, -0.2) is 4.98 Å². The lowest BCUT2D eigenvalue weighted by atomic mass is 9.54. The second-order valence-electron chi connectivity index (χ2n) is 9.04. The number of rotatable bonds is 4. The molecule has 0 bridgehead atoms. The maximum atomic E-state index is 13.5. The van der Waals surface area contributed by atoms with E-state index in [0.29, 0.717) is 16.3 Å². The number of Topliss-reactive ketones (excluding diaryl/α,β-unsaturated/α-hetero) is 4. The van der Waals surface area contributed by atoms with Gasteiger partial charge >= 0.3 is 0 Å². The number of phenolic OH excluding ortho intramolecular Hbond substituents is 1. The molecule has 2 saturated carbocycles. The molecule has 0 saturated heterocycles. The van der Waals surface area contributed by atoms with Crippen LogP contribution in [0.2, 0.25) is 0 Å². The summed E-state index contributed by atoms with van der Waals surface area (Å²) in [5.74, 6) is -10.0. The molecule has 34 heavy (non-hydrogen) atoms. The van der Waals surface area contributed by atoms with Crippen LogP contribution in [0.1, 0.15) is 34.3 Å². The minimum Gasteiger partial charge on any atom is -0.507 e. The summed E-state index contributed by atoms with van der Waals surface area (Å²) in [5.41, 5.74) is 3.52. The minimum absolute atomic E-state index is 0.0131. The number of nitrogens with zero attached hydrogens (tertiary/aromatic N) is 1. The highest BCUT2D eigenvalue weighted by atomic mass is 32.1. The summed E-state index contributed by atoms with van der Waals surface area (Å²) in [5, 5.41) is 27.5. The van der Waals surface area contributed by atoms with Crippen molar-refractivity contribution in [3.63, 3.8) is 0 Å². The van der Waals surface area contributed by atoms with Crippen molar-refractivity contribution >= 4 is 45.5 Å². The zero-order chi connectivity index (χ0) is 24.4. The molecule has 1 aromatic carbocycles. The summed E-state index contributed by atoms with van der Waals surface area (Å²) in [6, 6.07) is 3.40. The molecule has 3 aliphatic rings. The average molecular weight is 484 g/mol. The molecule has 1 amide bonds. The Morgan fingerprint density at radius 3 is 2.65 bits per heavy atom. The monoisotopic (exact) mass is 483 g/mol. The van der Waals surface area contributed by atoms with Crippen molar-refractivity contribution in [3.05, 3.63) is 40.4 Å². The van der Waals surface area contributed by atoms with Crippen LogP contribution in [0.3, 0.4) is 0 Å². The number of benzene rings is 1. The molecule has 1 aromatic heterocycles. The summed E-state index contributed by atoms with van der Waals surface area (Å²) in [7, 11) is 0. The first-order chi connectivity index (χ1) is 16.1. The quantitative estimate of drug-likeness (QED) is 0.448. The number of primary amides is 1. The Morgan fingerprint density at radius 1 is 1.21 bits per heavy atom. The Balaban J connectivity index is 1.49. The Kier molecular flexibility index (Phi) is 5.14. The lowest BCUT2D eigenvalue weighted by Gasteiger charge is -2.48. The van der Waals surface area contributed by atoms with Gasteiger partial charge in [0.2, 0.25) is 5.91 Å². The lowest BCUT2D eigenvalue weighted by Crippen LogP contribution is -2.68. The van der Waals surface area contributed by atoms with Crippen molar-refractivity contribution in [2.45, 2.75) is 31.4 Å². The van der Waals surface area contributed by atoms with Gasteiger partial charge in [0.05, 0.1) is 11.5 Å². The second kappa shape index (κ2) is 7.81. The van der Waals surface area contributed by atoms with Crippen LogP contribution in [0, 0.1) is 23.7 Å². The van der Waals surface area contributed by atoms with E-state index in [9.17, 15) is 34.2 Å². The number of fused-ring (bicyclic) bond motifs is 3. The number of carbonyl (C=O) groups is 5. The fourth-order valence-corrected chi connectivity index (χ4v) is 6.14. The molecule has 176 valence electrons. The van der Waals surface area contributed by atoms with Crippen LogP contribution in [0.25, 0.3) is 0 Å². The van der Waals surface area contributed by atoms with Crippen molar-refractivity contribution in [2.75, 3.05) is 5.32 Å². The molecule has 11 heteroatoms. The van der Waals surface area contributed by atoms with Crippen molar-refractivity contribution in [1.82, 2.24) is 4.98 Å². The number of aliphatic hydroxyl groups is 1. The van der Waals surface area contributed by atoms with Crippen molar-refractivity contribution in [1.29, 1.82) is 0 Å². The molecule has 5 atom stereocenters. The van der Waals surface area contributed by atoms with E-state index in [4.69, 9.17) is 5.73 Å². The van der Waals surface area contributed by atoms with Gasteiger partial charge in [-0.05, 0) is 24.3 Å². The van der Waals surface area contributed by atoms with E-state index in [0.717, 1.165) is 0 Å². The molecular formula is C23H21N3O7S. The summed E-state index contributed by atoms with van der Waals surface area (Å²) in [6.45, 7) is 0.189. The number of amides is 1. The Bertz CT molecular complexity index is 1260. The molecule has 5 rings (SSSR count). The zero-order valence-corrected chi connectivity index (χ0v) is 18.6. The van der Waals surface area contributed by atoms with E-state index >= 15 is 0 Å². The molecule has 5 N–H and O–H groups in total. The van der Waals surface area contributed by atoms with Crippen LogP contribution < -0.4 is 11.1 Å². The molecule has 10 nitrogen and oxygen atoms in total. The number of nitrogens with one attached hydrogen (secondary N) is 1. The van der Waals surface area contributed by atoms with E-state index in [1.807, 2.05) is 0 Å². The van der Waals surface area contributed by atoms with Crippen LogP contribution in [0.15, 0.2) is 23.7 Å². The molecule has 0 radical (unpaired) electrons. The van der Waals surface area contributed by atoms with Gasteiger partial charge in [0.25, 0.3) is 0 Å². The van der Waals surface area contributed by atoms with Gasteiger partial charge in [-0.3, -0.25) is 24.0 Å². The first-order valence-corrected chi connectivity index (χ1v) is 11.7. The summed E-state index contributed by atoms with van der Waals surface area (Å²) in [4.78, 5) is 68.0. The lowest BCUT2D eigenvalue weighted by molar-refractivity contribution is -0.175. The van der Waals surface area contributed by atoms with Crippen LogP contribution in [-0.4, -0.2) is 49.8 Å². The topological polar surface area (TPSA) is 177 Å². The summed E-state index contributed by atoms with van der Waals surface area (Å²) in [6.07, 6.45) is 1.62. The first-order valence-electron chi connectivity index (χ1n) is 10.8. The van der Waals surface area contributed by atoms with Crippen LogP contribution in [0.5, 0.6) is 5.75 Å². The third kappa shape index (κ3) is 3.11. The SMILES string of the molecule is NC(=O)C1C(=O)CC2CC3Cc4ccc(CNc5nccs5)c(O)c4C(=O)C3C(=O)[C@]2(O)C1=O. The smallest absolute Gasteiger partial charge is 0.235 e. The van der Waals surface area contributed by atoms with Gasteiger partial charge in [0.15, 0.2) is 39.8 Å². The Morgan fingerprint density at radius 2 is 1.97 bits per heavy atom. The molecule has 1 heterocycles. The predicted molar refractivity (Wildman–Crippen MR) is 118 cm³/mol. The highest BCUT2D eigenvalue weighted by Crippen LogP contribution is 2.50. The Labute approximate surface area is 197 Å². The van der Waals surface area contributed by atoms with Crippen LogP contribution in [-0.2, 0) is 32.1 Å². The standard InChI is InChI=1S/C23H21N3O7S/c24-21(32)16-13(27)7-12-6-11-5-9-1-2-10(8-26-22-25-3-4-34-22)17(28)14(9)18(29)15(11)19(30)23(12,33)20(16)31/h1-4,11-12,15-16,28,33H,5-8H2,(H2,24,32)(H,25,26)/t11?,12?,15?,16?,23-/m0/s1. The van der Waals surface area contributed by atoms with Gasteiger partial charge in [-0.1, -0.05) is 12.1 Å². The number of ketones is 4. The van der Waals surface area contributed by atoms with Crippen molar-refractivity contribution in [2.24, 2.45) is 29.4 Å². The molecule has 2 aromatic rings. The van der Waals surface area contributed by atoms with E-state index in [1.165, 1.54) is 11.3 Å². The average Bonchev–Trinajstić information content (AvgIpc) is 3.29. The number of nitrogens with two attached hydrogens (primary N) is 1. The van der Waals surface area contributed by atoms with E-state index in [2.05, 4.69) is 10.3 Å². The van der Waals surface area contributed by atoms with Gasteiger partial charge in [0.1, 0.15) is 5.75 Å². The maximum absolute atomic E-state index is 13.5. The number of hydrogen-bond acceptors (Lipinski definition) is 10. The fourth-order valence-electron chi connectivity index (χ4n) is 5.61. The van der Waals surface area contributed by atoms with Gasteiger partial charge in [-0.15, -0.1) is 11.3 Å². The van der Waals surface area contributed by atoms with Crippen LogP contribution >= 0.6 is 11.3 Å². The number of aromatic hydroxyl groups is 1. The minimum atomic E-state index is -2.64. The number of hydrogen-bond donors (Lipinski definition) is 4. The van der Waals surface area contributed by atoms with Gasteiger partial charge < -0.3 is 21.3 Å². The third-order valence-electron chi connectivity index (χ3n) is 7.22. The number of anilines is 1. The summed E-state index contributed by atoms with van der Waals surface area (Å²) < 4.78 is 0. The Hall–Kier alpha value is -3.44. The number of carbonyl (C=O) groups excluding carboxylic acids is 5. The van der Waals surface area contributed by atoms with Gasteiger partial charge in [-0.2, -0.15) is 0 Å². The van der Waals surface area contributed by atoms with E-state index in [1.54, 1.807) is 23.7 Å². The van der Waals surface area contributed by atoms with Crippen molar-refractivity contribution in [3.8, 4) is 5.75 Å². The zero-order valence-electron chi connectivity index (χ0n) is 17.8. The van der Waals surface area contributed by atoms with Crippen molar-refractivity contribution < 1.29 is 34.2 Å². The van der Waals surface area contributed by atoms with Crippen LogP contribution in [0.4, 0.5) is 5.13 Å². The maximum Gasteiger partial charge on any atom is 0.235 e. The molecular weight excluding hydrogens is 462 g/mol. The summed E-state index contributed by atoms with van der Waals surface area (Å²) >= 11 is 1.37. The molecule has 3 aliphatic carbocycles. The normalized spacial score (nSPS) is 30.4. The molecule has 2 fully saturated rings. The fraction of sp³-hybridized carbons (Fsp3) is 0.391. The van der Waals surface area contributed by atoms with E-state index < -0.39 is 58.3 Å². The number of aromatic nitrogens is 1. The molecule has 0 aliphatic heterocycles. The first kappa shape index (κ1) is 22.4. The highest BCUT2D eigenvalue weighted by molar-refractivity contribution is 7.13. The largest absolute Gasteiger partial charge is 0.507 e. The second-order valence-corrected chi connectivity index (χ2v) is 9.93. The third-order valence-corrected chi connectivity index (χ3v) is 7.95. The number of thiazole rings is 1. The van der Waals surface area contributed by atoms with E-state index in [-0.39, 0.29) is 37.1 Å². The highest BCUT2D eigenvalue weighted by Gasteiger charge is 2.66. The molecule has 0 spiro atoms. The predicted octanol–water partition coefficient (Wildman–Crippen LogP) is 0.395. The van der Waals surface area contributed by atoms with Gasteiger partial charge in [0, 0.05) is 36.0 Å². The molecule has 4 unspecified atom stereocenters. The number of phenols is 1.